The number of pyridine rings is 1. The lowest BCUT2D eigenvalue weighted by Crippen LogP contribution is -2.36. The topological polar surface area (TPSA) is 79.9 Å². The van der Waals surface area contributed by atoms with Crippen molar-refractivity contribution in [1.82, 2.24) is 19.6 Å². The van der Waals surface area contributed by atoms with Gasteiger partial charge in [0, 0.05) is 37.1 Å². The summed E-state index contributed by atoms with van der Waals surface area (Å²) < 4.78 is 7.40. The van der Waals surface area contributed by atoms with Crippen molar-refractivity contribution < 1.29 is 4.74 Å². The summed E-state index contributed by atoms with van der Waals surface area (Å²) in [5.41, 5.74) is 9.24. The van der Waals surface area contributed by atoms with Gasteiger partial charge in [-0.2, -0.15) is 5.10 Å². The van der Waals surface area contributed by atoms with Gasteiger partial charge in [-0.05, 0) is 41.7 Å². The molecule has 4 aromatic rings. The highest BCUT2D eigenvalue weighted by atomic mass is 16.5. The maximum absolute atomic E-state index is 5.57. The fourth-order valence-electron chi connectivity index (χ4n) is 4.51. The van der Waals surface area contributed by atoms with E-state index in [4.69, 9.17) is 14.8 Å². The van der Waals surface area contributed by atoms with Crippen LogP contribution in [-0.2, 0) is 4.74 Å². The van der Waals surface area contributed by atoms with E-state index in [9.17, 15) is 0 Å². The lowest BCUT2D eigenvalue weighted by molar-refractivity contribution is 0.123. The van der Waals surface area contributed by atoms with E-state index in [-0.39, 0.29) is 0 Å². The first-order chi connectivity index (χ1) is 17.7. The summed E-state index contributed by atoms with van der Waals surface area (Å²) in [6, 6.07) is 14.5. The minimum atomic E-state index is 0.544. The molecule has 8 nitrogen and oxygen atoms in total. The summed E-state index contributed by atoms with van der Waals surface area (Å²) in [6.45, 7) is 7.54. The Kier molecular flexibility index (Phi) is 7.52. The van der Waals surface area contributed by atoms with Gasteiger partial charge < -0.3 is 9.64 Å². The molecule has 1 N–H and O–H groups in total. The fraction of sp³-hybridized carbons (Fsp3) is 0.357. The zero-order chi connectivity index (χ0) is 24.7. The summed E-state index contributed by atoms with van der Waals surface area (Å²) >= 11 is 0. The Bertz CT molecular complexity index is 1310. The number of unbranched alkanes of at least 4 members (excludes halogenated alkanes) is 1. The van der Waals surface area contributed by atoms with Gasteiger partial charge in [0.2, 0.25) is 0 Å². The molecule has 4 heterocycles. The van der Waals surface area contributed by atoms with Crippen LogP contribution in [0, 0.1) is 0 Å². The lowest BCUT2D eigenvalue weighted by atomic mass is 9.94. The third-order valence-corrected chi connectivity index (χ3v) is 6.60. The molecule has 3 aromatic heterocycles. The zero-order valence-electron chi connectivity index (χ0n) is 21.0. The Labute approximate surface area is 212 Å². The van der Waals surface area contributed by atoms with Crippen molar-refractivity contribution in [2.45, 2.75) is 39.0 Å². The summed E-state index contributed by atoms with van der Waals surface area (Å²) in [4.78, 5) is 11.3. The number of fused-ring (bicyclic) bond motifs is 1. The van der Waals surface area contributed by atoms with Crippen LogP contribution in [0.4, 0.5) is 11.5 Å². The van der Waals surface area contributed by atoms with E-state index in [2.05, 4.69) is 58.5 Å². The Morgan fingerprint density at radius 3 is 2.78 bits per heavy atom. The van der Waals surface area contributed by atoms with Crippen LogP contribution < -0.4 is 10.3 Å². The average molecular weight is 484 g/mol. The van der Waals surface area contributed by atoms with E-state index in [1.54, 1.807) is 12.4 Å². The number of nitrogens with one attached hydrogen (secondary N) is 1. The molecule has 0 amide bonds. The van der Waals surface area contributed by atoms with Crippen molar-refractivity contribution in [3.63, 3.8) is 0 Å². The van der Waals surface area contributed by atoms with Gasteiger partial charge in [0.1, 0.15) is 0 Å². The summed E-state index contributed by atoms with van der Waals surface area (Å²) in [7, 11) is 0. The molecule has 0 saturated carbocycles. The number of hydrogen-bond acceptors (Lipinski definition) is 7. The van der Waals surface area contributed by atoms with Gasteiger partial charge >= 0.3 is 0 Å². The number of anilines is 2. The maximum Gasteiger partial charge on any atom is 0.177 e. The molecule has 1 aliphatic rings. The van der Waals surface area contributed by atoms with Crippen LogP contribution in [0.3, 0.4) is 0 Å². The van der Waals surface area contributed by atoms with Crippen molar-refractivity contribution in [2.75, 3.05) is 36.6 Å². The van der Waals surface area contributed by atoms with Gasteiger partial charge in [-0.3, -0.25) is 10.4 Å². The Balaban J connectivity index is 1.41. The maximum atomic E-state index is 5.57. The molecule has 8 heteroatoms. The summed E-state index contributed by atoms with van der Waals surface area (Å²) in [6.07, 6.45) is 11.0. The number of imidazole rings is 1. The van der Waals surface area contributed by atoms with Gasteiger partial charge in [-0.1, -0.05) is 44.9 Å². The number of morpholine rings is 1. The first kappa shape index (κ1) is 23.9. The van der Waals surface area contributed by atoms with Crippen molar-refractivity contribution in [2.24, 2.45) is 5.10 Å². The van der Waals surface area contributed by atoms with Gasteiger partial charge in [0.25, 0.3) is 0 Å². The first-order valence-corrected chi connectivity index (χ1v) is 12.7. The van der Waals surface area contributed by atoms with Crippen LogP contribution >= 0.6 is 0 Å². The SMILES string of the molecule is CCCCC(C)c1cccc(C=NNc2cc(N3CCOCC3)c3nc(-c4ccncc4)cn3n2)c1. The van der Waals surface area contributed by atoms with Crippen LogP contribution in [-0.4, -0.2) is 52.1 Å². The molecule has 5 rings (SSSR count). The van der Waals surface area contributed by atoms with E-state index in [0.29, 0.717) is 24.9 Å². The molecule has 0 aliphatic carbocycles. The minimum absolute atomic E-state index is 0.544. The highest BCUT2D eigenvalue weighted by Gasteiger charge is 2.19. The predicted molar refractivity (Wildman–Crippen MR) is 145 cm³/mol. The van der Waals surface area contributed by atoms with Crippen LogP contribution in [0.2, 0.25) is 0 Å². The molecule has 1 fully saturated rings. The second-order valence-electron chi connectivity index (χ2n) is 9.23. The molecule has 1 aliphatic heterocycles. The van der Waals surface area contributed by atoms with E-state index in [1.807, 2.05) is 35.1 Å². The van der Waals surface area contributed by atoms with E-state index in [0.717, 1.165) is 41.2 Å². The number of nitrogens with zero attached hydrogens (tertiary/aromatic N) is 6. The lowest BCUT2D eigenvalue weighted by Gasteiger charge is -2.29. The third kappa shape index (κ3) is 5.54. The smallest absolute Gasteiger partial charge is 0.177 e. The molecular weight excluding hydrogens is 450 g/mol. The second-order valence-corrected chi connectivity index (χ2v) is 9.23. The van der Waals surface area contributed by atoms with Gasteiger partial charge in [-0.15, -0.1) is 5.10 Å². The summed E-state index contributed by atoms with van der Waals surface area (Å²) in [5, 5.41) is 9.25. The number of ether oxygens (including phenoxy) is 1. The zero-order valence-corrected chi connectivity index (χ0v) is 21.0. The van der Waals surface area contributed by atoms with Gasteiger partial charge in [0.05, 0.1) is 37.0 Å². The van der Waals surface area contributed by atoms with Crippen LogP contribution in [0.15, 0.2) is 66.2 Å². The number of benzene rings is 1. The van der Waals surface area contributed by atoms with E-state index >= 15 is 0 Å². The first-order valence-electron chi connectivity index (χ1n) is 12.7. The number of aromatic nitrogens is 4. The second kappa shape index (κ2) is 11.3. The van der Waals surface area contributed by atoms with E-state index < -0.39 is 0 Å². The predicted octanol–water partition coefficient (Wildman–Crippen LogP) is 5.37. The average Bonchev–Trinajstić information content (AvgIpc) is 3.37. The Hall–Kier alpha value is -3.78. The Morgan fingerprint density at radius 2 is 1.97 bits per heavy atom. The molecule has 0 bridgehead atoms. The molecule has 1 unspecified atom stereocenters. The van der Waals surface area contributed by atoms with Crippen LogP contribution in [0.1, 0.15) is 50.2 Å². The molecule has 0 spiro atoms. The quantitative estimate of drug-likeness (QED) is 0.255. The number of rotatable bonds is 9. The highest BCUT2D eigenvalue weighted by molar-refractivity contribution is 5.81. The molecular formula is C28H33N7O. The Morgan fingerprint density at radius 1 is 1.14 bits per heavy atom. The highest BCUT2D eigenvalue weighted by Crippen LogP contribution is 2.28. The largest absolute Gasteiger partial charge is 0.378 e. The molecule has 36 heavy (non-hydrogen) atoms. The fourth-order valence-corrected chi connectivity index (χ4v) is 4.51. The molecule has 1 atom stereocenters. The van der Waals surface area contributed by atoms with Crippen molar-refractivity contribution in [3.8, 4) is 11.3 Å². The minimum Gasteiger partial charge on any atom is -0.378 e. The number of hydrazone groups is 1. The molecule has 186 valence electrons. The monoisotopic (exact) mass is 483 g/mol. The van der Waals surface area contributed by atoms with Gasteiger partial charge in [0.15, 0.2) is 11.5 Å². The normalized spacial score (nSPS) is 15.0. The molecule has 1 aromatic carbocycles. The standard InChI is InChI=1S/C28H33N7O/c1-3-4-6-21(2)24-8-5-7-22(17-24)19-30-32-27-18-26(34-13-15-36-16-14-34)28-31-25(20-35(28)33-27)23-9-11-29-12-10-23/h5,7-12,17-21H,3-4,6,13-16H2,1-2H3,(H,32,33). The van der Waals surface area contributed by atoms with Crippen LogP contribution in [0.5, 0.6) is 0 Å². The third-order valence-electron chi connectivity index (χ3n) is 6.60. The molecule has 0 radical (unpaired) electrons. The van der Waals surface area contributed by atoms with Crippen molar-refractivity contribution in [1.29, 1.82) is 0 Å². The number of hydrogen-bond donors (Lipinski definition) is 1. The summed E-state index contributed by atoms with van der Waals surface area (Å²) in [5.74, 6) is 1.20. The van der Waals surface area contributed by atoms with Crippen molar-refractivity contribution >= 4 is 23.4 Å². The molecule has 1 saturated heterocycles. The van der Waals surface area contributed by atoms with E-state index in [1.165, 1.54) is 24.8 Å². The van der Waals surface area contributed by atoms with Crippen LogP contribution in [0.25, 0.3) is 16.9 Å². The van der Waals surface area contributed by atoms with Gasteiger partial charge in [-0.25, -0.2) is 9.50 Å². The van der Waals surface area contributed by atoms with Crippen molar-refractivity contribution in [3.05, 3.63) is 72.2 Å².